The Morgan fingerprint density at radius 3 is 1.36 bits per heavy atom. The number of hydrogen-bond acceptors (Lipinski definition) is 9. The lowest BCUT2D eigenvalue weighted by Crippen LogP contribution is -2.35. The fourth-order valence-corrected chi connectivity index (χ4v) is 2.23. The number of carbonyl (C=O) groups is 3. The molecule has 0 radical (unpaired) electrons. The maximum atomic E-state index is 10.5. The number of carboxylic acid groups (broad SMARTS) is 3. The summed E-state index contributed by atoms with van der Waals surface area (Å²) >= 11 is 0. The van der Waals surface area contributed by atoms with Crippen LogP contribution in [0.3, 0.4) is 0 Å². The summed E-state index contributed by atoms with van der Waals surface area (Å²) in [6.45, 7) is -1.89. The molecule has 17 nitrogen and oxygen atoms in total. The third-order valence-electron chi connectivity index (χ3n) is 1.70. The number of carboxylic acids is 3. The molecule has 0 aromatic carbocycles. The molecule has 10 N–H and O–H groups in total. The molecule has 0 unspecified atom stereocenters. The summed E-state index contributed by atoms with van der Waals surface area (Å²) in [4.78, 5) is 78.2. The molecule has 0 spiro atoms. The Morgan fingerprint density at radius 1 is 0.786 bits per heavy atom. The average Bonchev–Trinajstić information content (AvgIpc) is 2.35. The van der Waals surface area contributed by atoms with E-state index < -0.39 is 65.3 Å². The monoisotopic (exact) mass is 462 g/mol. The number of rotatable bonds is 10. The van der Waals surface area contributed by atoms with Gasteiger partial charge in [0.1, 0.15) is 6.29 Å². The minimum absolute atomic E-state index is 0. The normalized spacial score (nSPS) is 10.0. The summed E-state index contributed by atoms with van der Waals surface area (Å²) in [7, 11) is -8.53. The lowest BCUT2D eigenvalue weighted by atomic mass is 10.5. The zero-order valence-corrected chi connectivity index (χ0v) is 15.2. The summed E-state index contributed by atoms with van der Waals surface area (Å²) < 4.78 is 20.5. The molecule has 0 aliphatic carbocycles. The lowest BCUT2D eigenvalue weighted by molar-refractivity contribution is -0.141. The van der Waals surface area contributed by atoms with Crippen molar-refractivity contribution in [1.82, 2.24) is 10.2 Å². The fourth-order valence-electron chi connectivity index (χ4n) is 1.11. The molecule has 0 aromatic rings. The quantitative estimate of drug-likeness (QED) is 0.153. The maximum Gasteiger partial charge on any atom is 0.339 e. The molecule has 0 saturated carbocycles. The molecule has 0 aliphatic rings. The van der Waals surface area contributed by atoms with Crippen molar-refractivity contribution in [3.8, 4) is 0 Å². The van der Waals surface area contributed by atoms with Crippen LogP contribution < -0.4 is 5.32 Å². The molecule has 170 valence electrons. The van der Waals surface area contributed by atoms with E-state index in [-0.39, 0.29) is 12.9 Å². The molecule has 0 atom stereocenters. The van der Waals surface area contributed by atoms with Gasteiger partial charge in [0.25, 0.3) is 0 Å². The molecule has 28 heavy (non-hydrogen) atoms. The molecule has 0 aliphatic heterocycles. The Morgan fingerprint density at radius 2 is 1.14 bits per heavy atom. The van der Waals surface area contributed by atoms with Gasteiger partial charge in [0.15, 0.2) is 0 Å². The van der Waals surface area contributed by atoms with Gasteiger partial charge in [-0.2, -0.15) is 0 Å². The Bertz CT molecular complexity index is 528. The van der Waals surface area contributed by atoms with E-state index in [0.717, 1.165) is 0 Å². The Hall–Kier alpha value is -1.81. The van der Waals surface area contributed by atoms with Crippen molar-refractivity contribution in [2.45, 2.75) is 7.43 Å². The number of nitrogens with zero attached hydrogens (tertiary/aromatic N) is 1. The van der Waals surface area contributed by atoms with E-state index in [0.29, 0.717) is 4.90 Å². The molecule has 0 aromatic heterocycles. The van der Waals surface area contributed by atoms with Gasteiger partial charge in [0.05, 0.1) is 25.9 Å². The molecular weight excluding hydrogens is 438 g/mol. The van der Waals surface area contributed by atoms with Crippen LogP contribution in [-0.4, -0.2) is 95.4 Å². The summed E-state index contributed by atoms with van der Waals surface area (Å²) in [6, 6.07) is 0. The van der Waals surface area contributed by atoms with Crippen LogP contribution in [-0.2, 0) is 23.5 Å². The molecule has 0 fully saturated rings. The first-order valence-electron chi connectivity index (χ1n) is 5.96. The first kappa shape index (κ1) is 37.0. The molecule has 0 amide bonds. The second-order valence-electron chi connectivity index (χ2n) is 4.22. The highest BCUT2D eigenvalue weighted by atomic mass is 31.2. The van der Waals surface area contributed by atoms with E-state index in [9.17, 15) is 23.5 Å². The van der Waals surface area contributed by atoms with Crippen LogP contribution in [0.2, 0.25) is 0 Å². The first-order valence-corrected chi connectivity index (χ1v) is 9.56. The Kier molecular flexibility index (Phi) is 24.5. The summed E-state index contributed by atoms with van der Waals surface area (Å²) in [5.74, 6) is -3.84. The number of aliphatic carboxylic acids is 3. The first-order chi connectivity index (χ1) is 11.6. The van der Waals surface area contributed by atoms with Crippen LogP contribution in [0.1, 0.15) is 7.43 Å². The predicted octanol–water partition coefficient (Wildman–Crippen LogP) is -2.73. The van der Waals surface area contributed by atoms with Gasteiger partial charge in [-0.1, -0.05) is 7.43 Å². The smallest absolute Gasteiger partial charge is 0.339 e. The summed E-state index contributed by atoms with van der Waals surface area (Å²) in [6.07, 6.45) is -1.48. The van der Waals surface area contributed by atoms with Crippen LogP contribution in [0.15, 0.2) is 0 Å². The van der Waals surface area contributed by atoms with Gasteiger partial charge in [-0.15, -0.1) is 0 Å². The summed E-state index contributed by atoms with van der Waals surface area (Å²) in [5.41, 5.74) is 0. The summed E-state index contributed by atoms with van der Waals surface area (Å²) in [5, 5.41) is 26.7. The molecule has 0 rings (SSSR count). The van der Waals surface area contributed by atoms with E-state index in [1.165, 1.54) is 0 Å². The van der Waals surface area contributed by atoms with E-state index in [2.05, 4.69) is 5.32 Å². The molecule has 0 saturated heterocycles. The number of nitrogens with one attached hydrogen (secondary N) is 1. The highest BCUT2D eigenvalue weighted by Gasteiger charge is 2.22. The Labute approximate surface area is 157 Å². The average molecular weight is 462 g/mol. The van der Waals surface area contributed by atoms with Crippen LogP contribution in [0.5, 0.6) is 0 Å². The van der Waals surface area contributed by atoms with Crippen molar-refractivity contribution in [1.29, 1.82) is 0 Å². The van der Waals surface area contributed by atoms with Gasteiger partial charge in [0, 0.05) is 9.93 Å². The number of hydrogen-bond donors (Lipinski definition) is 8. The highest BCUT2D eigenvalue weighted by Crippen LogP contribution is 2.34. The predicted molar refractivity (Wildman–Crippen MR) is 93.4 cm³/mol. The molecule has 0 heterocycles. The topological polar surface area (TPSA) is 308 Å². The van der Waals surface area contributed by atoms with Crippen LogP contribution in [0.4, 0.5) is 0 Å². The van der Waals surface area contributed by atoms with Crippen molar-refractivity contribution in [2.75, 3.05) is 32.2 Å². The van der Waals surface area contributed by atoms with Crippen molar-refractivity contribution < 1.29 is 63.9 Å². The molecular formula is C9H24N2O15P2. The minimum Gasteiger partial charge on any atom is -0.480 e. The second-order valence-corrected chi connectivity index (χ2v) is 7.48. The standard InChI is InChI=1S/C5H10NO7P.C3H8NO5P.CH4.O2.H2O/c7-4(8)1-6(2-5(9)10)3-14(11,12)13;5-3(6)1-4-2-10(7,8)9;;1-2;/h1-3H2,(H,7,8)(H,9,10)(H2,11,12,13);4H,1-2H2,(H,5,6)(H2,7,8,9);1H4;;1H2. The maximum absolute atomic E-state index is 10.5. The largest absolute Gasteiger partial charge is 0.480 e. The van der Waals surface area contributed by atoms with Crippen LogP contribution >= 0.6 is 15.2 Å². The van der Waals surface area contributed by atoms with E-state index in [4.69, 9.17) is 44.8 Å². The second kappa shape index (κ2) is 18.5. The van der Waals surface area contributed by atoms with Gasteiger partial charge >= 0.3 is 33.1 Å². The zero-order chi connectivity index (χ0) is 21.6. The fraction of sp³-hybridized carbons (Fsp3) is 0.667. The zero-order valence-electron chi connectivity index (χ0n) is 13.4. The van der Waals surface area contributed by atoms with E-state index in [1.54, 1.807) is 0 Å². The van der Waals surface area contributed by atoms with Crippen molar-refractivity contribution in [3.05, 3.63) is 9.93 Å². The van der Waals surface area contributed by atoms with Gasteiger partial charge in [-0.25, -0.2) is 0 Å². The molecule has 0 bridgehead atoms. The van der Waals surface area contributed by atoms with Gasteiger partial charge in [-0.05, 0) is 0 Å². The third kappa shape index (κ3) is 39.3. The van der Waals surface area contributed by atoms with Crippen molar-refractivity contribution in [3.63, 3.8) is 0 Å². The van der Waals surface area contributed by atoms with Gasteiger partial charge in [-0.3, -0.25) is 33.7 Å². The van der Waals surface area contributed by atoms with Crippen LogP contribution in [0.25, 0.3) is 0 Å². The van der Waals surface area contributed by atoms with Gasteiger partial charge < -0.3 is 40.4 Å². The highest BCUT2D eigenvalue weighted by molar-refractivity contribution is 7.51. The van der Waals surface area contributed by atoms with E-state index in [1.807, 2.05) is 0 Å². The SMILES string of the molecule is C.O.O=C(O)CN(CC(=O)O)CP(=O)(O)O.O=C(O)CNCP(=O)(O)O.O=O. The lowest BCUT2D eigenvalue weighted by Gasteiger charge is -2.17. The van der Waals surface area contributed by atoms with Gasteiger partial charge in [0.2, 0.25) is 0 Å². The minimum atomic E-state index is -4.44. The van der Waals surface area contributed by atoms with E-state index >= 15 is 0 Å². The Balaban J connectivity index is -0.000000112. The van der Waals surface area contributed by atoms with Crippen LogP contribution in [0, 0.1) is 9.93 Å². The van der Waals surface area contributed by atoms with Crippen molar-refractivity contribution in [2.24, 2.45) is 0 Å². The molecule has 19 heteroatoms. The third-order valence-corrected chi connectivity index (χ3v) is 3.10. The van der Waals surface area contributed by atoms with Crippen molar-refractivity contribution >= 4 is 33.1 Å².